The fourth-order valence-electron chi connectivity index (χ4n) is 3.24. The van der Waals surface area contributed by atoms with E-state index < -0.39 is 0 Å². The number of halogens is 1. The molecule has 126 valence electrons. The average Bonchev–Trinajstić information content (AvgIpc) is 2.55. The molecule has 1 amide bonds. The summed E-state index contributed by atoms with van der Waals surface area (Å²) in [6.07, 6.45) is 3.71. The van der Waals surface area contributed by atoms with Crippen LogP contribution in [0, 0.1) is 13.8 Å². The Morgan fingerprint density at radius 2 is 1.79 bits per heavy atom. The van der Waals surface area contributed by atoms with Gasteiger partial charge in [-0.25, -0.2) is 0 Å². The molecule has 1 fully saturated rings. The topological polar surface area (TPSA) is 32.3 Å². The fourth-order valence-corrected chi connectivity index (χ4v) is 3.54. The van der Waals surface area contributed by atoms with Crippen molar-refractivity contribution in [2.45, 2.75) is 33.1 Å². The highest BCUT2D eigenvalue weighted by Crippen LogP contribution is 2.31. The predicted molar refractivity (Wildman–Crippen MR) is 101 cm³/mol. The lowest BCUT2D eigenvalue weighted by Crippen LogP contribution is -2.29. The predicted octanol–water partition coefficient (Wildman–Crippen LogP) is 5.20. The molecule has 1 saturated heterocycles. The Morgan fingerprint density at radius 1 is 1.04 bits per heavy atom. The molecule has 0 radical (unpaired) electrons. The van der Waals surface area contributed by atoms with Crippen molar-refractivity contribution < 1.29 is 4.79 Å². The first-order valence-corrected chi connectivity index (χ1v) is 8.85. The van der Waals surface area contributed by atoms with Crippen LogP contribution in [-0.4, -0.2) is 19.0 Å². The van der Waals surface area contributed by atoms with Crippen LogP contribution in [0.3, 0.4) is 0 Å². The molecule has 1 heterocycles. The number of hydrogen-bond donors (Lipinski definition) is 1. The first-order chi connectivity index (χ1) is 11.5. The van der Waals surface area contributed by atoms with Crippen LogP contribution in [-0.2, 0) is 0 Å². The van der Waals surface area contributed by atoms with E-state index in [9.17, 15) is 4.79 Å². The molecule has 0 unspecified atom stereocenters. The van der Waals surface area contributed by atoms with Crippen LogP contribution in [0.2, 0.25) is 5.02 Å². The van der Waals surface area contributed by atoms with Crippen LogP contribution in [0.15, 0.2) is 36.4 Å². The van der Waals surface area contributed by atoms with E-state index in [1.54, 1.807) is 0 Å². The summed E-state index contributed by atoms with van der Waals surface area (Å²) >= 11 is 6.45. The molecule has 2 aromatic carbocycles. The fraction of sp³-hybridized carbons (Fsp3) is 0.350. The van der Waals surface area contributed by atoms with Gasteiger partial charge in [0, 0.05) is 24.3 Å². The van der Waals surface area contributed by atoms with E-state index in [-0.39, 0.29) is 5.91 Å². The Morgan fingerprint density at radius 3 is 2.46 bits per heavy atom. The van der Waals surface area contributed by atoms with Crippen molar-refractivity contribution >= 4 is 28.9 Å². The number of hydrogen-bond acceptors (Lipinski definition) is 2. The monoisotopic (exact) mass is 342 g/mol. The second-order valence-electron chi connectivity index (χ2n) is 6.49. The van der Waals surface area contributed by atoms with Crippen LogP contribution in [0.1, 0.15) is 40.7 Å². The molecule has 1 N–H and O–H groups in total. The van der Waals surface area contributed by atoms with E-state index in [2.05, 4.69) is 10.2 Å². The lowest BCUT2D eigenvalue weighted by Gasteiger charge is -2.29. The van der Waals surface area contributed by atoms with Crippen LogP contribution in [0.5, 0.6) is 0 Å². The van der Waals surface area contributed by atoms with E-state index in [1.807, 2.05) is 50.2 Å². The number of anilines is 2. The molecule has 24 heavy (non-hydrogen) atoms. The van der Waals surface area contributed by atoms with Gasteiger partial charge in [-0.1, -0.05) is 29.3 Å². The zero-order valence-electron chi connectivity index (χ0n) is 14.2. The first kappa shape index (κ1) is 16.8. The summed E-state index contributed by atoms with van der Waals surface area (Å²) in [5.74, 6) is -0.103. The summed E-state index contributed by atoms with van der Waals surface area (Å²) in [5.41, 5.74) is 4.60. The molecule has 0 saturated carbocycles. The minimum Gasteiger partial charge on any atom is -0.370 e. The third-order valence-electron chi connectivity index (χ3n) is 4.53. The standard InChI is InChI=1S/C20H23ClN2O/c1-14-6-8-17(15(2)12-14)20(24)22-16-7-9-19(18(21)13-16)23-10-4-3-5-11-23/h6-9,12-13H,3-5,10-11H2,1-2H3,(H,22,24). The molecule has 2 aromatic rings. The van der Waals surface area contributed by atoms with Crippen LogP contribution in [0.4, 0.5) is 11.4 Å². The number of amides is 1. The molecule has 0 atom stereocenters. The van der Waals surface area contributed by atoms with E-state index in [4.69, 9.17) is 11.6 Å². The Kier molecular flexibility index (Phi) is 5.10. The lowest BCUT2D eigenvalue weighted by molar-refractivity contribution is 0.102. The molecule has 4 heteroatoms. The molecule has 3 rings (SSSR count). The summed E-state index contributed by atoms with van der Waals surface area (Å²) in [4.78, 5) is 14.8. The highest BCUT2D eigenvalue weighted by molar-refractivity contribution is 6.33. The SMILES string of the molecule is Cc1ccc(C(=O)Nc2ccc(N3CCCCC3)c(Cl)c2)c(C)c1. The largest absolute Gasteiger partial charge is 0.370 e. The van der Waals surface area contributed by atoms with Gasteiger partial charge in [0.1, 0.15) is 0 Å². The number of carbonyl (C=O) groups is 1. The van der Waals surface area contributed by atoms with Crippen molar-refractivity contribution in [3.8, 4) is 0 Å². The second-order valence-corrected chi connectivity index (χ2v) is 6.89. The van der Waals surface area contributed by atoms with E-state index >= 15 is 0 Å². The molecule has 1 aliphatic heterocycles. The van der Waals surface area contributed by atoms with E-state index in [0.717, 1.165) is 35.6 Å². The maximum absolute atomic E-state index is 12.5. The molecule has 0 aromatic heterocycles. The van der Waals surface area contributed by atoms with Gasteiger partial charge < -0.3 is 10.2 Å². The molecular weight excluding hydrogens is 320 g/mol. The minimum atomic E-state index is -0.103. The highest BCUT2D eigenvalue weighted by atomic mass is 35.5. The Balaban J connectivity index is 1.75. The number of aryl methyl sites for hydroxylation is 2. The summed E-state index contributed by atoms with van der Waals surface area (Å²) in [6.45, 7) is 6.07. The van der Waals surface area contributed by atoms with Crippen molar-refractivity contribution in [2.75, 3.05) is 23.3 Å². The molecule has 0 bridgehead atoms. The summed E-state index contributed by atoms with van der Waals surface area (Å²) in [6, 6.07) is 11.6. The normalized spacial score (nSPS) is 14.5. The van der Waals surface area contributed by atoms with Gasteiger partial charge in [-0.15, -0.1) is 0 Å². The minimum absolute atomic E-state index is 0.103. The third-order valence-corrected chi connectivity index (χ3v) is 4.83. The molecule has 1 aliphatic rings. The molecular formula is C20H23ClN2O. The number of nitrogens with zero attached hydrogens (tertiary/aromatic N) is 1. The average molecular weight is 343 g/mol. The van der Waals surface area contributed by atoms with Gasteiger partial charge in [-0.3, -0.25) is 4.79 Å². The number of benzene rings is 2. The maximum Gasteiger partial charge on any atom is 0.255 e. The van der Waals surface area contributed by atoms with Crippen molar-refractivity contribution in [1.29, 1.82) is 0 Å². The van der Waals surface area contributed by atoms with Crippen LogP contribution in [0.25, 0.3) is 0 Å². The van der Waals surface area contributed by atoms with Gasteiger partial charge in [0.2, 0.25) is 0 Å². The zero-order chi connectivity index (χ0) is 17.1. The van der Waals surface area contributed by atoms with Gasteiger partial charge >= 0.3 is 0 Å². The summed E-state index contributed by atoms with van der Waals surface area (Å²) < 4.78 is 0. The highest BCUT2D eigenvalue weighted by Gasteiger charge is 2.15. The van der Waals surface area contributed by atoms with E-state index in [1.165, 1.54) is 19.3 Å². The number of piperidine rings is 1. The van der Waals surface area contributed by atoms with Gasteiger partial charge in [-0.2, -0.15) is 0 Å². The van der Waals surface area contributed by atoms with E-state index in [0.29, 0.717) is 10.6 Å². The Labute approximate surface area is 148 Å². The maximum atomic E-state index is 12.5. The summed E-state index contributed by atoms with van der Waals surface area (Å²) in [5, 5.41) is 3.64. The number of nitrogens with one attached hydrogen (secondary N) is 1. The molecule has 0 spiro atoms. The van der Waals surface area contributed by atoms with Gasteiger partial charge in [-0.05, 0) is 62.9 Å². The lowest BCUT2D eigenvalue weighted by atomic mass is 10.1. The smallest absolute Gasteiger partial charge is 0.255 e. The summed E-state index contributed by atoms with van der Waals surface area (Å²) in [7, 11) is 0. The molecule has 0 aliphatic carbocycles. The van der Waals surface area contributed by atoms with Crippen molar-refractivity contribution in [1.82, 2.24) is 0 Å². The van der Waals surface area contributed by atoms with Crippen LogP contribution < -0.4 is 10.2 Å². The van der Waals surface area contributed by atoms with Gasteiger partial charge in [0.25, 0.3) is 5.91 Å². The molecule has 3 nitrogen and oxygen atoms in total. The Hall–Kier alpha value is -2.00. The third kappa shape index (κ3) is 3.73. The second kappa shape index (κ2) is 7.27. The zero-order valence-corrected chi connectivity index (χ0v) is 15.0. The number of rotatable bonds is 3. The number of carbonyl (C=O) groups excluding carboxylic acids is 1. The van der Waals surface area contributed by atoms with Gasteiger partial charge in [0.15, 0.2) is 0 Å². The van der Waals surface area contributed by atoms with Crippen molar-refractivity contribution in [3.63, 3.8) is 0 Å². The van der Waals surface area contributed by atoms with Crippen LogP contribution >= 0.6 is 11.6 Å². The van der Waals surface area contributed by atoms with Gasteiger partial charge in [0.05, 0.1) is 10.7 Å². The van der Waals surface area contributed by atoms with Crippen molar-refractivity contribution in [2.24, 2.45) is 0 Å². The quantitative estimate of drug-likeness (QED) is 0.831. The first-order valence-electron chi connectivity index (χ1n) is 8.48. The Bertz CT molecular complexity index is 751. The van der Waals surface area contributed by atoms with Crippen molar-refractivity contribution in [3.05, 3.63) is 58.1 Å².